The Labute approximate surface area is 189 Å². The summed E-state index contributed by atoms with van der Waals surface area (Å²) in [5.41, 5.74) is 0.477. The topological polar surface area (TPSA) is 70.3 Å². The van der Waals surface area contributed by atoms with E-state index in [0.717, 1.165) is 25.7 Å². The fourth-order valence-corrected chi connectivity index (χ4v) is 9.54. The van der Waals surface area contributed by atoms with Crippen LogP contribution in [0.3, 0.4) is 0 Å². The van der Waals surface area contributed by atoms with Gasteiger partial charge < -0.3 is 9.84 Å². The van der Waals surface area contributed by atoms with Crippen molar-refractivity contribution in [3.8, 4) is 6.07 Å². The van der Waals surface area contributed by atoms with Gasteiger partial charge in [0.25, 0.3) is 0 Å². The summed E-state index contributed by atoms with van der Waals surface area (Å²) in [6, 6.07) is 2.42. The largest absolute Gasteiger partial charge is 0.462 e. The lowest BCUT2D eigenvalue weighted by atomic mass is 9.41. The Morgan fingerprint density at radius 1 is 1.13 bits per heavy atom. The molecule has 0 spiro atoms. The monoisotopic (exact) mass is 429 g/mol. The molecular weight excluding hydrogens is 386 g/mol. The zero-order valence-electron chi connectivity index (χ0n) is 20.3. The Hall–Kier alpha value is -1.08. The number of carbonyl (C=O) groups excluding carboxylic acids is 1. The predicted molar refractivity (Wildman–Crippen MR) is 121 cm³/mol. The molecule has 4 heteroatoms. The maximum atomic E-state index is 12.3. The van der Waals surface area contributed by atoms with Gasteiger partial charge in [-0.1, -0.05) is 27.7 Å². The Kier molecular flexibility index (Phi) is 6.23. The second-order valence-corrected chi connectivity index (χ2v) is 12.0. The first-order chi connectivity index (χ1) is 14.7. The molecule has 4 aliphatic rings. The van der Waals surface area contributed by atoms with Crippen molar-refractivity contribution < 1.29 is 14.6 Å². The van der Waals surface area contributed by atoms with Gasteiger partial charge >= 0.3 is 5.97 Å². The zero-order valence-corrected chi connectivity index (χ0v) is 20.3. The van der Waals surface area contributed by atoms with E-state index in [9.17, 15) is 15.2 Å². The van der Waals surface area contributed by atoms with Gasteiger partial charge in [-0.15, -0.1) is 0 Å². The molecule has 0 amide bonds. The third kappa shape index (κ3) is 3.54. The lowest BCUT2D eigenvalue weighted by Crippen LogP contribution is -2.63. The van der Waals surface area contributed by atoms with E-state index >= 15 is 0 Å². The van der Waals surface area contributed by atoms with Gasteiger partial charge in [-0.2, -0.15) is 5.26 Å². The Bertz CT molecular complexity index is 730. The summed E-state index contributed by atoms with van der Waals surface area (Å²) < 4.78 is 6.22. The van der Waals surface area contributed by atoms with Gasteiger partial charge in [0.15, 0.2) is 0 Å². The van der Waals surface area contributed by atoms with Crippen molar-refractivity contribution >= 4 is 5.97 Å². The van der Waals surface area contributed by atoms with Crippen LogP contribution in [0.5, 0.6) is 0 Å². The van der Waals surface area contributed by atoms with Crippen LogP contribution >= 0.6 is 0 Å². The molecule has 0 bridgehead atoms. The number of nitriles is 1. The molecule has 4 saturated carbocycles. The minimum atomic E-state index is -0.210. The van der Waals surface area contributed by atoms with E-state index < -0.39 is 0 Å². The zero-order chi connectivity index (χ0) is 22.6. The SMILES string of the molecule is CC[C@H]1[C@@H](OC(C)=O)[C@@H]2[C@H](CC[C@]3(C)[C@@H]([C@H](C)CC#N)CC[C@@H]23)[C@@]2(C)CC[C@@H](O)C[C@@H]12. The van der Waals surface area contributed by atoms with Crippen molar-refractivity contribution in [3.63, 3.8) is 0 Å². The number of rotatable bonds is 4. The van der Waals surface area contributed by atoms with E-state index in [0.29, 0.717) is 47.8 Å². The van der Waals surface area contributed by atoms with Crippen LogP contribution in [0.15, 0.2) is 0 Å². The molecule has 0 aromatic rings. The molecule has 0 aromatic heterocycles. The molecule has 0 radical (unpaired) electrons. The Morgan fingerprint density at radius 2 is 1.81 bits per heavy atom. The number of hydrogen-bond donors (Lipinski definition) is 1. The first kappa shape index (κ1) is 23.1. The second kappa shape index (κ2) is 8.36. The first-order valence-corrected chi connectivity index (χ1v) is 12.9. The molecule has 1 N–H and O–H groups in total. The number of aliphatic hydroxyl groups is 1. The number of aliphatic hydroxyl groups excluding tert-OH is 1. The van der Waals surface area contributed by atoms with Gasteiger partial charge in [0.1, 0.15) is 6.10 Å². The smallest absolute Gasteiger partial charge is 0.302 e. The summed E-state index contributed by atoms with van der Waals surface area (Å²) in [5, 5.41) is 19.9. The number of esters is 1. The summed E-state index contributed by atoms with van der Waals surface area (Å²) in [4.78, 5) is 12.3. The van der Waals surface area contributed by atoms with E-state index in [-0.39, 0.29) is 29.0 Å². The molecule has 0 saturated heterocycles. The van der Waals surface area contributed by atoms with Crippen LogP contribution in [0.4, 0.5) is 0 Å². The highest BCUT2D eigenvalue weighted by molar-refractivity contribution is 5.66. The first-order valence-electron chi connectivity index (χ1n) is 12.9. The van der Waals surface area contributed by atoms with Crippen molar-refractivity contribution in [2.45, 2.75) is 105 Å². The number of carbonyl (C=O) groups is 1. The molecule has 4 nitrogen and oxygen atoms in total. The van der Waals surface area contributed by atoms with E-state index in [1.165, 1.54) is 25.7 Å². The molecule has 0 heterocycles. The van der Waals surface area contributed by atoms with E-state index in [1.807, 2.05) is 0 Å². The maximum Gasteiger partial charge on any atom is 0.302 e. The van der Waals surface area contributed by atoms with Crippen molar-refractivity contribution in [2.75, 3.05) is 0 Å². The van der Waals surface area contributed by atoms with Gasteiger partial charge in [-0.25, -0.2) is 0 Å². The molecule has 0 aromatic carbocycles. The van der Waals surface area contributed by atoms with Crippen LogP contribution in [0.2, 0.25) is 0 Å². The molecule has 31 heavy (non-hydrogen) atoms. The molecular formula is C27H43NO3. The molecule has 174 valence electrons. The summed E-state index contributed by atoms with van der Waals surface area (Å²) in [5.74, 6) is 3.21. The van der Waals surface area contributed by atoms with E-state index in [2.05, 4.69) is 33.8 Å². The highest BCUT2D eigenvalue weighted by atomic mass is 16.5. The van der Waals surface area contributed by atoms with Gasteiger partial charge in [-0.05, 0) is 97.7 Å². The predicted octanol–water partition coefficient (Wildman–Crippen LogP) is 5.73. The highest BCUT2D eigenvalue weighted by Crippen LogP contribution is 2.70. The van der Waals surface area contributed by atoms with Crippen molar-refractivity contribution in [1.29, 1.82) is 5.26 Å². The van der Waals surface area contributed by atoms with Crippen LogP contribution in [0.25, 0.3) is 0 Å². The highest BCUT2D eigenvalue weighted by Gasteiger charge is 2.65. The minimum Gasteiger partial charge on any atom is -0.462 e. The third-order valence-electron chi connectivity index (χ3n) is 10.8. The van der Waals surface area contributed by atoms with Crippen LogP contribution in [-0.2, 0) is 9.53 Å². The molecule has 4 rings (SSSR count). The van der Waals surface area contributed by atoms with E-state index in [4.69, 9.17) is 4.74 Å². The normalized spacial score (nSPS) is 49.8. The molecule has 0 unspecified atom stereocenters. The van der Waals surface area contributed by atoms with Crippen molar-refractivity contribution in [2.24, 2.45) is 52.3 Å². The second-order valence-electron chi connectivity index (χ2n) is 12.0. The third-order valence-corrected chi connectivity index (χ3v) is 10.8. The lowest BCUT2D eigenvalue weighted by Gasteiger charge is -2.65. The van der Waals surface area contributed by atoms with Gasteiger partial charge in [0, 0.05) is 19.3 Å². The van der Waals surface area contributed by atoms with Crippen molar-refractivity contribution in [1.82, 2.24) is 0 Å². The average molecular weight is 430 g/mol. The lowest BCUT2D eigenvalue weighted by molar-refractivity contribution is -0.217. The fraction of sp³-hybridized carbons (Fsp3) is 0.926. The van der Waals surface area contributed by atoms with Crippen LogP contribution in [-0.4, -0.2) is 23.3 Å². The summed E-state index contributed by atoms with van der Waals surface area (Å²) in [6.07, 6.45) is 9.12. The average Bonchev–Trinajstić information content (AvgIpc) is 3.06. The van der Waals surface area contributed by atoms with Gasteiger partial charge in [0.05, 0.1) is 12.2 Å². The standard InChI is InChI=1S/C27H43NO3/c1-6-19-23-15-18(30)9-12-27(23,5)22-10-13-26(4)20(16(2)11-14-28)7-8-21(26)24(22)25(19)31-17(3)29/h16,18-25,30H,6-13,15H2,1-5H3/t16-,18-,19-,20-,21+,22+,23+,24+,25-,26-,27-/m1/s1. The van der Waals surface area contributed by atoms with E-state index in [1.54, 1.807) is 6.92 Å². The maximum absolute atomic E-state index is 12.3. The number of hydrogen-bond acceptors (Lipinski definition) is 4. The molecule has 4 fully saturated rings. The fourth-order valence-electron chi connectivity index (χ4n) is 9.54. The summed E-state index contributed by atoms with van der Waals surface area (Å²) in [7, 11) is 0. The van der Waals surface area contributed by atoms with Crippen molar-refractivity contribution in [3.05, 3.63) is 0 Å². The van der Waals surface area contributed by atoms with Gasteiger partial charge in [0.2, 0.25) is 0 Å². The Morgan fingerprint density at radius 3 is 2.45 bits per heavy atom. The van der Waals surface area contributed by atoms with Crippen LogP contribution in [0, 0.1) is 63.6 Å². The number of fused-ring (bicyclic) bond motifs is 5. The minimum absolute atomic E-state index is 0.0227. The van der Waals surface area contributed by atoms with Crippen LogP contribution in [0.1, 0.15) is 92.4 Å². The molecule has 0 aliphatic heterocycles. The number of ether oxygens (including phenoxy) is 1. The number of nitrogens with zero attached hydrogens (tertiary/aromatic N) is 1. The van der Waals surface area contributed by atoms with Crippen LogP contribution < -0.4 is 0 Å². The van der Waals surface area contributed by atoms with Gasteiger partial charge in [-0.3, -0.25) is 4.79 Å². The quantitative estimate of drug-likeness (QED) is 0.579. The molecule has 4 aliphatic carbocycles. The summed E-state index contributed by atoms with van der Waals surface area (Å²) in [6.45, 7) is 11.1. The Balaban J connectivity index is 1.74. The summed E-state index contributed by atoms with van der Waals surface area (Å²) >= 11 is 0. The molecule has 11 atom stereocenters.